The van der Waals surface area contributed by atoms with E-state index in [-0.39, 0.29) is 11.8 Å². The summed E-state index contributed by atoms with van der Waals surface area (Å²) in [6.07, 6.45) is -0.313. The number of carbonyl (C=O) groups is 2. The molecule has 3 fully saturated rings. The van der Waals surface area contributed by atoms with Crippen LogP contribution in [0.1, 0.15) is 18.4 Å². The second-order valence-corrected chi connectivity index (χ2v) is 8.09. The normalized spacial score (nSPS) is 31.2. The van der Waals surface area contributed by atoms with E-state index in [9.17, 15) is 19.8 Å². The number of benzene rings is 1. The Morgan fingerprint density at radius 1 is 1.14 bits per heavy atom. The number of aliphatic hydroxyl groups is 1. The Balaban J connectivity index is 1.45. The van der Waals surface area contributed by atoms with Crippen LogP contribution in [0.2, 0.25) is 0 Å². The number of rotatable bonds is 3. The molecule has 3 heterocycles. The Kier molecular flexibility index (Phi) is 5.06. The van der Waals surface area contributed by atoms with E-state index in [0.717, 1.165) is 6.42 Å². The summed E-state index contributed by atoms with van der Waals surface area (Å²) < 4.78 is 5.89. The van der Waals surface area contributed by atoms with Gasteiger partial charge in [0.1, 0.15) is 5.75 Å². The van der Waals surface area contributed by atoms with E-state index in [4.69, 9.17) is 10.00 Å². The lowest BCUT2D eigenvalue weighted by molar-refractivity contribution is -0.166. The van der Waals surface area contributed by atoms with Gasteiger partial charge in [0.15, 0.2) is 6.10 Å². The minimum Gasteiger partial charge on any atom is -0.485 e. The van der Waals surface area contributed by atoms with Crippen LogP contribution in [-0.2, 0) is 4.79 Å². The third-order valence-corrected chi connectivity index (χ3v) is 5.99. The lowest BCUT2D eigenvalue weighted by atomic mass is 9.84. The minimum absolute atomic E-state index is 0.0745. The van der Waals surface area contributed by atoms with E-state index < -0.39 is 23.8 Å². The fraction of sp³-hybridized carbons (Fsp3) is 0.550. The zero-order chi connectivity index (χ0) is 20.6. The number of hydrogen-bond acceptors (Lipinski definition) is 6. The summed E-state index contributed by atoms with van der Waals surface area (Å²) in [6.45, 7) is 2.11. The zero-order valence-electron chi connectivity index (χ0n) is 16.0. The van der Waals surface area contributed by atoms with Gasteiger partial charge in [0, 0.05) is 39.1 Å². The molecule has 0 saturated carbocycles. The van der Waals surface area contributed by atoms with Gasteiger partial charge in [-0.05, 0) is 42.5 Å². The molecule has 2 amide bonds. The molecule has 0 aliphatic carbocycles. The lowest BCUT2D eigenvalue weighted by Crippen LogP contribution is -2.65. The molecule has 3 saturated heterocycles. The van der Waals surface area contributed by atoms with Gasteiger partial charge in [-0.1, -0.05) is 0 Å². The van der Waals surface area contributed by atoms with E-state index in [2.05, 4.69) is 5.32 Å². The largest absolute Gasteiger partial charge is 0.485 e. The summed E-state index contributed by atoms with van der Waals surface area (Å²) in [4.78, 5) is 27.6. The van der Waals surface area contributed by atoms with Crippen LogP contribution in [0.15, 0.2) is 24.3 Å². The maximum atomic E-state index is 13.2. The highest BCUT2D eigenvalue weighted by molar-refractivity contribution is 5.86. The zero-order valence-corrected chi connectivity index (χ0v) is 16.0. The monoisotopic (exact) mass is 400 g/mol. The number of ether oxygens (including phenoxy) is 1. The van der Waals surface area contributed by atoms with Crippen molar-refractivity contribution in [3.63, 3.8) is 0 Å². The molecule has 3 aliphatic heterocycles. The quantitative estimate of drug-likeness (QED) is 0.672. The van der Waals surface area contributed by atoms with Gasteiger partial charge in [-0.3, -0.25) is 10.1 Å². The highest BCUT2D eigenvalue weighted by atomic mass is 16.5. The Labute approximate surface area is 168 Å². The molecule has 0 aromatic heterocycles. The number of hydrogen-bond donors (Lipinski definition) is 3. The molecule has 29 heavy (non-hydrogen) atoms. The number of nitrogens with zero attached hydrogens (tertiary/aromatic N) is 3. The smallest absolute Gasteiger partial charge is 0.407 e. The number of carbonyl (C=O) groups excluding carboxylic acids is 1. The highest BCUT2D eigenvalue weighted by Gasteiger charge is 2.53. The number of nitrogens with one attached hydrogen (secondary N) is 1. The Hall–Kier alpha value is -2.83. The van der Waals surface area contributed by atoms with Crippen molar-refractivity contribution >= 4 is 12.0 Å². The summed E-state index contributed by atoms with van der Waals surface area (Å²) in [7, 11) is 0. The van der Waals surface area contributed by atoms with E-state index in [1.54, 1.807) is 29.2 Å². The predicted molar refractivity (Wildman–Crippen MR) is 101 cm³/mol. The Morgan fingerprint density at radius 2 is 1.76 bits per heavy atom. The molecule has 0 spiro atoms. The highest BCUT2D eigenvalue weighted by Crippen LogP contribution is 2.32. The summed E-state index contributed by atoms with van der Waals surface area (Å²) in [5.41, 5.74) is -1.32. The molecular weight excluding hydrogens is 376 g/mol. The molecular formula is C20H24N4O5. The number of piperidine rings is 2. The van der Waals surface area contributed by atoms with Gasteiger partial charge < -0.3 is 24.7 Å². The standard InChI is InChI=1S/C20H24N4O5/c21-8-13-1-3-16(4-2-13)29-17-5-6-22-20(17,28)18(25)23-9-14-7-15(10-23)12-24(11-14)19(26)27/h1-4,14-15,17,22,28H,5-7,9-12H2,(H,26,27)/t14?,15?,17?,20-/m1/s1. The summed E-state index contributed by atoms with van der Waals surface area (Å²) in [5.74, 6) is 0.208. The van der Waals surface area contributed by atoms with Gasteiger partial charge in [-0.25, -0.2) is 4.79 Å². The van der Waals surface area contributed by atoms with E-state index in [1.165, 1.54) is 4.90 Å². The van der Waals surface area contributed by atoms with Gasteiger partial charge in [-0.15, -0.1) is 0 Å². The van der Waals surface area contributed by atoms with Gasteiger partial charge in [0.05, 0.1) is 11.6 Å². The number of likely N-dealkylation sites (tertiary alicyclic amines) is 2. The molecule has 3 unspecified atom stereocenters. The van der Waals surface area contributed by atoms with Crippen molar-refractivity contribution < 1.29 is 24.5 Å². The third-order valence-electron chi connectivity index (χ3n) is 5.99. The first-order valence-corrected chi connectivity index (χ1v) is 9.80. The molecule has 3 N–H and O–H groups in total. The van der Waals surface area contributed by atoms with Crippen molar-refractivity contribution in [1.29, 1.82) is 5.26 Å². The Morgan fingerprint density at radius 3 is 2.34 bits per heavy atom. The molecule has 3 aliphatic rings. The van der Waals surface area contributed by atoms with Crippen molar-refractivity contribution in [3.05, 3.63) is 29.8 Å². The molecule has 1 aromatic rings. The van der Waals surface area contributed by atoms with Gasteiger partial charge in [0.2, 0.25) is 5.72 Å². The molecule has 4 atom stereocenters. The minimum atomic E-state index is -1.83. The van der Waals surface area contributed by atoms with Crippen LogP contribution in [0.3, 0.4) is 0 Å². The van der Waals surface area contributed by atoms with Crippen LogP contribution in [0.4, 0.5) is 4.79 Å². The van der Waals surface area contributed by atoms with E-state index in [1.807, 2.05) is 6.07 Å². The van der Waals surface area contributed by atoms with Crippen LogP contribution >= 0.6 is 0 Å². The van der Waals surface area contributed by atoms with Crippen molar-refractivity contribution in [3.8, 4) is 11.8 Å². The second kappa shape index (κ2) is 7.54. The van der Waals surface area contributed by atoms with Gasteiger partial charge in [0.25, 0.3) is 5.91 Å². The fourth-order valence-corrected chi connectivity index (χ4v) is 4.69. The number of nitriles is 1. The molecule has 9 heteroatoms. The number of amides is 2. The fourth-order valence-electron chi connectivity index (χ4n) is 4.69. The average molecular weight is 400 g/mol. The molecule has 0 radical (unpaired) electrons. The number of fused-ring (bicyclic) bond motifs is 2. The molecule has 1 aromatic carbocycles. The van der Waals surface area contributed by atoms with Crippen LogP contribution in [-0.4, -0.2) is 76.6 Å². The molecule has 4 rings (SSSR count). The summed E-state index contributed by atoms with van der Waals surface area (Å²) >= 11 is 0. The molecule has 2 bridgehead atoms. The first-order valence-electron chi connectivity index (χ1n) is 9.80. The summed E-state index contributed by atoms with van der Waals surface area (Å²) in [6, 6.07) is 8.58. The molecule has 9 nitrogen and oxygen atoms in total. The van der Waals surface area contributed by atoms with Crippen molar-refractivity contribution in [2.45, 2.75) is 24.7 Å². The van der Waals surface area contributed by atoms with Crippen LogP contribution in [0.5, 0.6) is 5.75 Å². The Bertz CT molecular complexity index is 824. The van der Waals surface area contributed by atoms with Crippen LogP contribution < -0.4 is 10.1 Å². The lowest BCUT2D eigenvalue weighted by Gasteiger charge is -2.46. The van der Waals surface area contributed by atoms with Gasteiger partial charge >= 0.3 is 6.09 Å². The van der Waals surface area contributed by atoms with Crippen molar-refractivity contribution in [2.24, 2.45) is 11.8 Å². The summed E-state index contributed by atoms with van der Waals surface area (Å²) in [5, 5.41) is 32.2. The topological polar surface area (TPSA) is 126 Å². The van der Waals surface area contributed by atoms with Crippen LogP contribution in [0.25, 0.3) is 0 Å². The first-order chi connectivity index (χ1) is 13.9. The maximum Gasteiger partial charge on any atom is 0.407 e. The first kappa shape index (κ1) is 19.5. The predicted octanol–water partition coefficient (Wildman–Crippen LogP) is 0.446. The van der Waals surface area contributed by atoms with Crippen molar-refractivity contribution in [1.82, 2.24) is 15.1 Å². The van der Waals surface area contributed by atoms with Gasteiger partial charge in [-0.2, -0.15) is 5.26 Å². The maximum absolute atomic E-state index is 13.2. The molecule has 154 valence electrons. The average Bonchev–Trinajstić information content (AvgIpc) is 3.08. The van der Waals surface area contributed by atoms with Crippen LogP contribution in [0, 0.1) is 23.2 Å². The van der Waals surface area contributed by atoms with Crippen molar-refractivity contribution in [2.75, 3.05) is 32.7 Å². The SMILES string of the molecule is N#Cc1ccc(OC2CCN[C@]2(O)C(=O)N2CC3CC(CN(C(=O)O)C3)C2)cc1. The van der Waals surface area contributed by atoms with E-state index in [0.29, 0.717) is 50.5 Å². The third kappa shape index (κ3) is 3.73. The van der Waals surface area contributed by atoms with E-state index >= 15 is 0 Å². The second-order valence-electron chi connectivity index (χ2n) is 8.09. The number of carboxylic acid groups (broad SMARTS) is 1.